The van der Waals surface area contributed by atoms with Crippen LogP contribution in [0, 0.1) is 0 Å². The van der Waals surface area contributed by atoms with Gasteiger partial charge in [0.1, 0.15) is 0 Å². The Bertz CT molecular complexity index is 215. The molecule has 4 heteroatoms. The number of hydrogen-bond donors (Lipinski definition) is 1. The van der Waals surface area contributed by atoms with Crippen LogP contribution in [0.15, 0.2) is 0 Å². The third-order valence-corrected chi connectivity index (χ3v) is 3.11. The van der Waals surface area contributed by atoms with E-state index in [1.165, 1.54) is 12.8 Å². The Kier molecular flexibility index (Phi) is 7.21. The summed E-state index contributed by atoms with van der Waals surface area (Å²) < 4.78 is 5.24. The van der Waals surface area contributed by atoms with Gasteiger partial charge in [-0.3, -0.25) is 4.79 Å². The summed E-state index contributed by atoms with van der Waals surface area (Å²) in [6, 6.07) is 0.498. The first-order chi connectivity index (χ1) is 8.27. The summed E-state index contributed by atoms with van der Waals surface area (Å²) in [5.41, 5.74) is 0. The normalized spacial score (nSPS) is 19.5. The van der Waals surface area contributed by atoms with E-state index in [1.54, 1.807) is 0 Å². The van der Waals surface area contributed by atoms with Crippen LogP contribution >= 0.6 is 0 Å². The molecule has 1 aliphatic rings. The number of nitrogens with zero attached hydrogens (tertiary/aromatic N) is 1. The zero-order valence-corrected chi connectivity index (χ0v) is 11.2. The smallest absolute Gasteiger partial charge is 0.224 e. The Hall–Kier alpha value is -0.610. The molecule has 1 aliphatic heterocycles. The average Bonchev–Trinajstić information content (AvgIpc) is 2.81. The number of carbonyl (C=O) groups excluding carboxylic acids is 1. The van der Waals surface area contributed by atoms with Crippen molar-refractivity contribution < 1.29 is 9.53 Å². The maximum absolute atomic E-state index is 12.0. The predicted octanol–water partition coefficient (Wildman–Crippen LogP) is 1.40. The second-order valence-electron chi connectivity index (χ2n) is 4.58. The fourth-order valence-corrected chi connectivity index (χ4v) is 2.23. The van der Waals surface area contributed by atoms with Crippen molar-refractivity contribution >= 4 is 5.91 Å². The highest BCUT2D eigenvalue weighted by atomic mass is 16.5. The third kappa shape index (κ3) is 5.50. The van der Waals surface area contributed by atoms with Gasteiger partial charge in [0.05, 0.1) is 13.0 Å². The van der Waals surface area contributed by atoms with E-state index >= 15 is 0 Å². The first kappa shape index (κ1) is 14.5. The van der Waals surface area contributed by atoms with Crippen molar-refractivity contribution in [2.45, 2.75) is 45.6 Å². The van der Waals surface area contributed by atoms with Crippen LogP contribution in [0.1, 0.15) is 39.5 Å². The molecule has 0 aromatic rings. The van der Waals surface area contributed by atoms with Crippen LogP contribution in [0.2, 0.25) is 0 Å². The number of carbonyl (C=O) groups is 1. The van der Waals surface area contributed by atoms with Gasteiger partial charge in [-0.25, -0.2) is 0 Å². The fourth-order valence-electron chi connectivity index (χ4n) is 2.23. The van der Waals surface area contributed by atoms with Gasteiger partial charge < -0.3 is 15.0 Å². The van der Waals surface area contributed by atoms with Crippen LogP contribution in [0.3, 0.4) is 0 Å². The predicted molar refractivity (Wildman–Crippen MR) is 69.0 cm³/mol. The monoisotopic (exact) mass is 242 g/mol. The van der Waals surface area contributed by atoms with Crippen molar-refractivity contribution in [1.82, 2.24) is 10.2 Å². The summed E-state index contributed by atoms with van der Waals surface area (Å²) in [5, 5.41) is 3.44. The molecule has 1 rings (SSSR count). The summed E-state index contributed by atoms with van der Waals surface area (Å²) in [5.74, 6) is 0.231. The van der Waals surface area contributed by atoms with Crippen LogP contribution < -0.4 is 5.32 Å². The molecule has 100 valence electrons. The van der Waals surface area contributed by atoms with Gasteiger partial charge in [-0.2, -0.15) is 0 Å². The molecule has 1 atom stereocenters. The fraction of sp³-hybridized carbons (Fsp3) is 0.923. The topological polar surface area (TPSA) is 41.6 Å². The number of amides is 1. The van der Waals surface area contributed by atoms with E-state index in [2.05, 4.69) is 12.2 Å². The zero-order chi connectivity index (χ0) is 12.5. The van der Waals surface area contributed by atoms with Crippen molar-refractivity contribution in [1.29, 1.82) is 0 Å². The zero-order valence-electron chi connectivity index (χ0n) is 11.2. The van der Waals surface area contributed by atoms with Gasteiger partial charge in [-0.05, 0) is 32.7 Å². The number of nitrogens with one attached hydrogen (secondary N) is 1. The second-order valence-corrected chi connectivity index (χ2v) is 4.58. The van der Waals surface area contributed by atoms with Crippen molar-refractivity contribution in [3.8, 4) is 0 Å². The van der Waals surface area contributed by atoms with Crippen LogP contribution in [-0.4, -0.2) is 49.7 Å². The lowest BCUT2D eigenvalue weighted by Gasteiger charge is -2.25. The van der Waals surface area contributed by atoms with E-state index in [0.29, 0.717) is 25.7 Å². The van der Waals surface area contributed by atoms with Gasteiger partial charge in [0.2, 0.25) is 5.91 Å². The molecule has 1 unspecified atom stereocenters. The van der Waals surface area contributed by atoms with Crippen molar-refractivity contribution in [2.75, 3.05) is 32.8 Å². The van der Waals surface area contributed by atoms with E-state index in [-0.39, 0.29) is 5.91 Å². The van der Waals surface area contributed by atoms with Crippen LogP contribution in [0.25, 0.3) is 0 Å². The highest BCUT2D eigenvalue weighted by molar-refractivity contribution is 5.76. The minimum Gasteiger partial charge on any atom is -0.381 e. The Morgan fingerprint density at radius 3 is 2.88 bits per heavy atom. The summed E-state index contributed by atoms with van der Waals surface area (Å²) in [6.07, 6.45) is 3.96. The maximum atomic E-state index is 12.0. The van der Waals surface area contributed by atoms with Gasteiger partial charge in [0, 0.05) is 25.7 Å². The van der Waals surface area contributed by atoms with Gasteiger partial charge in [-0.15, -0.1) is 0 Å². The summed E-state index contributed by atoms with van der Waals surface area (Å²) in [4.78, 5) is 14.0. The number of rotatable bonds is 8. The summed E-state index contributed by atoms with van der Waals surface area (Å²) in [6.45, 7) is 8.13. The van der Waals surface area contributed by atoms with Crippen LogP contribution in [0.5, 0.6) is 0 Å². The second kappa shape index (κ2) is 8.48. The van der Waals surface area contributed by atoms with Crippen molar-refractivity contribution in [2.24, 2.45) is 0 Å². The van der Waals surface area contributed by atoms with E-state index in [9.17, 15) is 4.79 Å². The molecule has 0 radical (unpaired) electrons. The largest absolute Gasteiger partial charge is 0.381 e. The highest BCUT2D eigenvalue weighted by Gasteiger charge is 2.20. The van der Waals surface area contributed by atoms with Gasteiger partial charge in [0.25, 0.3) is 0 Å². The lowest BCUT2D eigenvalue weighted by atomic mass is 10.2. The van der Waals surface area contributed by atoms with E-state index in [0.717, 1.165) is 26.1 Å². The first-order valence-corrected chi connectivity index (χ1v) is 6.86. The van der Waals surface area contributed by atoms with E-state index in [4.69, 9.17) is 4.74 Å². The molecule has 4 nitrogen and oxygen atoms in total. The number of hydrogen-bond acceptors (Lipinski definition) is 3. The SMILES string of the molecule is CCCN(CC1CCCN1)C(=O)CCOCC. The Morgan fingerprint density at radius 2 is 2.29 bits per heavy atom. The average molecular weight is 242 g/mol. The van der Waals surface area contributed by atoms with Gasteiger partial charge in [0.15, 0.2) is 0 Å². The Morgan fingerprint density at radius 1 is 1.47 bits per heavy atom. The number of ether oxygens (including phenoxy) is 1. The highest BCUT2D eigenvalue weighted by Crippen LogP contribution is 2.08. The third-order valence-electron chi connectivity index (χ3n) is 3.11. The van der Waals surface area contributed by atoms with Crippen LogP contribution in [0.4, 0.5) is 0 Å². The summed E-state index contributed by atoms with van der Waals surface area (Å²) in [7, 11) is 0. The molecular weight excluding hydrogens is 216 g/mol. The molecule has 17 heavy (non-hydrogen) atoms. The first-order valence-electron chi connectivity index (χ1n) is 6.86. The molecule has 0 aliphatic carbocycles. The minimum absolute atomic E-state index is 0.231. The van der Waals surface area contributed by atoms with Crippen molar-refractivity contribution in [3.63, 3.8) is 0 Å². The van der Waals surface area contributed by atoms with Crippen LogP contribution in [-0.2, 0) is 9.53 Å². The molecule has 1 fully saturated rings. The maximum Gasteiger partial charge on any atom is 0.224 e. The molecule has 0 aromatic heterocycles. The molecule has 0 saturated carbocycles. The van der Waals surface area contributed by atoms with Gasteiger partial charge >= 0.3 is 0 Å². The molecule has 0 bridgehead atoms. The van der Waals surface area contributed by atoms with Crippen molar-refractivity contribution in [3.05, 3.63) is 0 Å². The molecule has 1 amide bonds. The van der Waals surface area contributed by atoms with Gasteiger partial charge in [-0.1, -0.05) is 6.92 Å². The van der Waals surface area contributed by atoms with E-state index in [1.807, 2.05) is 11.8 Å². The quantitative estimate of drug-likeness (QED) is 0.654. The molecule has 0 spiro atoms. The molecule has 1 heterocycles. The Balaban J connectivity index is 2.31. The Labute approximate surface area is 105 Å². The molecule has 0 aromatic carbocycles. The lowest BCUT2D eigenvalue weighted by molar-refractivity contribution is -0.132. The molecule has 1 N–H and O–H groups in total. The molecule has 1 saturated heterocycles. The lowest BCUT2D eigenvalue weighted by Crippen LogP contribution is -2.41. The standard InChI is InChI=1S/C13H26N2O2/c1-3-9-15(11-12-6-5-8-14-12)13(16)7-10-17-4-2/h12,14H,3-11H2,1-2H3. The van der Waals surface area contributed by atoms with E-state index < -0.39 is 0 Å². The summed E-state index contributed by atoms with van der Waals surface area (Å²) >= 11 is 0. The minimum atomic E-state index is 0.231. The molecular formula is C13H26N2O2.